The van der Waals surface area contributed by atoms with Crippen molar-refractivity contribution in [2.75, 3.05) is 6.61 Å². The maximum absolute atomic E-state index is 11.8. The highest BCUT2D eigenvalue weighted by Crippen LogP contribution is 2.36. The molecule has 1 N–H and O–H groups in total. The first-order chi connectivity index (χ1) is 8.78. The fourth-order valence-corrected chi connectivity index (χ4v) is 1.81. The van der Waals surface area contributed by atoms with Gasteiger partial charge in [-0.25, -0.2) is 4.79 Å². The average molecular weight is 266 g/mol. The summed E-state index contributed by atoms with van der Waals surface area (Å²) in [4.78, 5) is 11.8. The highest BCUT2D eigenvalue weighted by atomic mass is 16.7. The van der Waals surface area contributed by atoms with E-state index in [1.54, 1.807) is 6.92 Å². The lowest BCUT2D eigenvalue weighted by atomic mass is 9.79. The number of hydrogen-bond donors (Lipinski definition) is 1. The van der Waals surface area contributed by atoms with Crippen LogP contribution in [0.3, 0.4) is 0 Å². The summed E-state index contributed by atoms with van der Waals surface area (Å²) in [5, 5.41) is 6.52. The lowest BCUT2D eigenvalue weighted by Gasteiger charge is -2.32. The van der Waals surface area contributed by atoms with E-state index in [9.17, 15) is 4.79 Å². The number of carbonyl (C=O) groups is 1. The van der Waals surface area contributed by atoms with E-state index < -0.39 is 24.3 Å². The Morgan fingerprint density at radius 3 is 2.47 bits per heavy atom. The summed E-state index contributed by atoms with van der Waals surface area (Å²) in [7, 11) is -0.622. The van der Waals surface area contributed by atoms with E-state index in [4.69, 9.17) is 14.0 Å². The van der Waals surface area contributed by atoms with Crippen LogP contribution < -0.4 is 5.46 Å². The minimum Gasteiger partial charge on any atom is -0.461 e. The van der Waals surface area contributed by atoms with E-state index in [0.717, 1.165) is 0 Å². The first kappa shape index (κ1) is 14.1. The molecule has 1 aromatic heterocycles. The molecule has 0 spiro atoms. The van der Waals surface area contributed by atoms with Crippen LogP contribution in [-0.4, -0.2) is 41.1 Å². The van der Waals surface area contributed by atoms with E-state index >= 15 is 0 Å². The molecule has 0 aromatic carbocycles. The standard InChI is InChI=1S/C12H19BN2O4/c1-6-17-10(16)9-8(7-14-15-9)13-18-11(2,3)12(4,5)19-13/h7H,6H2,1-5H3,(H,14,15). The summed E-state index contributed by atoms with van der Waals surface area (Å²) in [5.74, 6) is -0.454. The fraction of sp³-hybridized carbons (Fsp3) is 0.667. The van der Waals surface area contributed by atoms with Gasteiger partial charge in [-0.2, -0.15) is 5.10 Å². The van der Waals surface area contributed by atoms with Crippen molar-refractivity contribution < 1.29 is 18.8 Å². The molecule has 1 saturated heterocycles. The number of esters is 1. The van der Waals surface area contributed by atoms with Crippen LogP contribution in [0.25, 0.3) is 0 Å². The molecule has 2 rings (SSSR count). The maximum Gasteiger partial charge on any atom is 0.498 e. The van der Waals surface area contributed by atoms with Crippen LogP contribution in [0.4, 0.5) is 0 Å². The van der Waals surface area contributed by atoms with Gasteiger partial charge in [0.25, 0.3) is 0 Å². The minimum atomic E-state index is -0.622. The van der Waals surface area contributed by atoms with Crippen molar-refractivity contribution in [1.82, 2.24) is 10.2 Å². The number of hydrogen-bond acceptors (Lipinski definition) is 5. The van der Waals surface area contributed by atoms with Gasteiger partial charge in [-0.3, -0.25) is 5.10 Å². The zero-order chi connectivity index (χ0) is 14.3. The fourth-order valence-electron chi connectivity index (χ4n) is 1.81. The second-order valence-corrected chi connectivity index (χ2v) is 5.51. The molecule has 19 heavy (non-hydrogen) atoms. The Morgan fingerprint density at radius 2 is 1.95 bits per heavy atom. The molecule has 0 unspecified atom stereocenters. The monoisotopic (exact) mass is 266 g/mol. The van der Waals surface area contributed by atoms with Gasteiger partial charge in [0.05, 0.1) is 17.8 Å². The van der Waals surface area contributed by atoms with Crippen molar-refractivity contribution in [1.29, 1.82) is 0 Å². The molecular weight excluding hydrogens is 247 g/mol. The second-order valence-electron chi connectivity index (χ2n) is 5.51. The van der Waals surface area contributed by atoms with Crippen LogP contribution >= 0.6 is 0 Å². The van der Waals surface area contributed by atoms with Crippen LogP contribution in [0.1, 0.15) is 45.1 Å². The summed E-state index contributed by atoms with van der Waals surface area (Å²) in [5.41, 5.74) is -0.0701. The van der Waals surface area contributed by atoms with Crippen LogP contribution in [0, 0.1) is 0 Å². The third-order valence-electron chi connectivity index (χ3n) is 3.66. The zero-order valence-electron chi connectivity index (χ0n) is 11.9. The number of nitrogens with zero attached hydrogens (tertiary/aromatic N) is 1. The number of H-pyrrole nitrogens is 1. The third kappa shape index (κ3) is 2.40. The number of carbonyl (C=O) groups excluding carboxylic acids is 1. The smallest absolute Gasteiger partial charge is 0.461 e. The van der Waals surface area contributed by atoms with Crippen LogP contribution in [0.5, 0.6) is 0 Å². The van der Waals surface area contributed by atoms with Gasteiger partial charge >= 0.3 is 13.1 Å². The quantitative estimate of drug-likeness (QED) is 0.649. The number of ether oxygens (including phenoxy) is 1. The van der Waals surface area contributed by atoms with E-state index in [-0.39, 0.29) is 5.69 Å². The Morgan fingerprint density at radius 1 is 1.37 bits per heavy atom. The first-order valence-corrected chi connectivity index (χ1v) is 6.34. The van der Waals surface area contributed by atoms with Crippen molar-refractivity contribution in [3.05, 3.63) is 11.9 Å². The molecule has 0 amide bonds. The van der Waals surface area contributed by atoms with Gasteiger partial charge in [-0.05, 0) is 34.6 Å². The lowest BCUT2D eigenvalue weighted by Crippen LogP contribution is -2.41. The summed E-state index contributed by atoms with van der Waals surface area (Å²) < 4.78 is 16.7. The van der Waals surface area contributed by atoms with Gasteiger partial charge in [0.2, 0.25) is 0 Å². The van der Waals surface area contributed by atoms with Gasteiger partial charge in [-0.1, -0.05) is 0 Å². The minimum absolute atomic E-state index is 0.278. The Kier molecular flexibility index (Phi) is 3.44. The first-order valence-electron chi connectivity index (χ1n) is 6.34. The number of aromatic nitrogens is 2. The molecule has 6 nitrogen and oxygen atoms in total. The summed E-state index contributed by atoms with van der Waals surface area (Å²) in [6, 6.07) is 0. The van der Waals surface area contributed by atoms with Crippen molar-refractivity contribution in [3.63, 3.8) is 0 Å². The molecule has 0 atom stereocenters. The number of aromatic amines is 1. The molecule has 0 aliphatic carbocycles. The van der Waals surface area contributed by atoms with E-state index in [1.807, 2.05) is 27.7 Å². The molecule has 7 heteroatoms. The molecule has 0 bridgehead atoms. The molecule has 1 aliphatic rings. The number of nitrogens with one attached hydrogen (secondary N) is 1. The van der Waals surface area contributed by atoms with Gasteiger partial charge in [0.15, 0.2) is 0 Å². The topological polar surface area (TPSA) is 73.4 Å². The molecule has 0 saturated carbocycles. The Hall–Kier alpha value is -1.34. The summed E-state index contributed by atoms with van der Waals surface area (Å²) in [6.45, 7) is 9.88. The Bertz CT molecular complexity index is 468. The Balaban J connectivity index is 2.26. The average Bonchev–Trinajstić information content (AvgIpc) is 2.82. The lowest BCUT2D eigenvalue weighted by molar-refractivity contribution is 0.00578. The van der Waals surface area contributed by atoms with Crippen molar-refractivity contribution in [3.8, 4) is 0 Å². The predicted molar refractivity (Wildman–Crippen MR) is 70.3 cm³/mol. The Labute approximate surface area is 113 Å². The number of rotatable bonds is 3. The van der Waals surface area contributed by atoms with Crippen LogP contribution in [0.2, 0.25) is 0 Å². The molecule has 1 aliphatic heterocycles. The largest absolute Gasteiger partial charge is 0.498 e. The highest BCUT2D eigenvalue weighted by molar-refractivity contribution is 6.63. The van der Waals surface area contributed by atoms with E-state index in [2.05, 4.69) is 10.2 Å². The van der Waals surface area contributed by atoms with Crippen LogP contribution in [0.15, 0.2) is 6.20 Å². The second kappa shape index (κ2) is 4.65. The van der Waals surface area contributed by atoms with Gasteiger partial charge in [0.1, 0.15) is 5.69 Å². The highest BCUT2D eigenvalue weighted by Gasteiger charge is 2.53. The van der Waals surface area contributed by atoms with E-state index in [0.29, 0.717) is 12.1 Å². The van der Waals surface area contributed by atoms with Crippen molar-refractivity contribution in [2.45, 2.75) is 45.8 Å². The van der Waals surface area contributed by atoms with E-state index in [1.165, 1.54) is 6.20 Å². The van der Waals surface area contributed by atoms with Gasteiger partial charge in [-0.15, -0.1) is 0 Å². The molecule has 0 radical (unpaired) electrons. The molecule has 1 aromatic rings. The third-order valence-corrected chi connectivity index (χ3v) is 3.66. The summed E-state index contributed by atoms with van der Waals surface area (Å²) >= 11 is 0. The van der Waals surface area contributed by atoms with Crippen LogP contribution in [-0.2, 0) is 14.0 Å². The summed E-state index contributed by atoms with van der Waals surface area (Å²) in [6.07, 6.45) is 1.54. The SMILES string of the molecule is CCOC(=O)c1[nH]ncc1B1OC(C)(C)C(C)(C)O1. The maximum atomic E-state index is 11.8. The molecule has 1 fully saturated rings. The van der Waals surface area contributed by atoms with Gasteiger partial charge < -0.3 is 14.0 Å². The molecule has 104 valence electrons. The zero-order valence-corrected chi connectivity index (χ0v) is 11.9. The molecular formula is C12H19BN2O4. The predicted octanol–water partition coefficient (Wildman–Crippen LogP) is 0.886. The molecule has 2 heterocycles. The van der Waals surface area contributed by atoms with Crippen molar-refractivity contribution in [2.24, 2.45) is 0 Å². The van der Waals surface area contributed by atoms with Gasteiger partial charge in [0, 0.05) is 11.7 Å². The normalized spacial score (nSPS) is 20.6. The van der Waals surface area contributed by atoms with Crippen molar-refractivity contribution >= 4 is 18.6 Å².